The van der Waals surface area contributed by atoms with Gasteiger partial charge in [0.15, 0.2) is 0 Å². The largest absolute Gasteiger partial charge is 0.465 e. The molecule has 11 N–H and O–H groups in total. The molecule has 8 aliphatic rings. The summed E-state index contributed by atoms with van der Waals surface area (Å²) in [6.07, 6.45) is 20.7. The van der Waals surface area contributed by atoms with Crippen molar-refractivity contribution in [2.45, 2.75) is 152 Å². The summed E-state index contributed by atoms with van der Waals surface area (Å²) in [5, 5.41) is 25.1. The van der Waals surface area contributed by atoms with Crippen molar-refractivity contribution >= 4 is 209 Å². The Labute approximate surface area is 870 Å². The number of ether oxygens (including phenoxy) is 10. The second-order valence-corrected chi connectivity index (χ2v) is 35.2. The number of halogens is 1. The number of rotatable bonds is 26. The van der Waals surface area contributed by atoms with Crippen LogP contribution in [0.1, 0.15) is 180 Å². The van der Waals surface area contributed by atoms with Crippen LogP contribution in [0.15, 0.2) is 195 Å². The monoisotopic (exact) mass is 2070 g/mol. The van der Waals surface area contributed by atoms with Crippen LogP contribution in [0.2, 0.25) is 0 Å². The van der Waals surface area contributed by atoms with E-state index in [0.29, 0.717) is 228 Å². The number of hydrogen-bond donors (Lipinski definition) is 10. The number of anilines is 10. The maximum Gasteiger partial charge on any atom is 0.411 e. The third-order valence-corrected chi connectivity index (χ3v) is 24.7. The first-order valence-electron chi connectivity index (χ1n) is 48.9. The van der Waals surface area contributed by atoms with Crippen LogP contribution in [0.25, 0.3) is 28.5 Å². The van der Waals surface area contributed by atoms with E-state index in [1.807, 2.05) is 44.2 Å². The van der Waals surface area contributed by atoms with Gasteiger partial charge in [0.25, 0.3) is 0 Å². The quantitative estimate of drug-likeness (QED) is 0.0106. The molecule has 5 aromatic rings. The van der Waals surface area contributed by atoms with Gasteiger partial charge in [-0.3, -0.25) is 94.7 Å². The highest BCUT2D eigenvalue weighted by atomic mass is 35.5. The summed E-state index contributed by atoms with van der Waals surface area (Å²) in [5.74, 6) is -5.97. The molecule has 0 aliphatic carbocycles. The molecule has 0 spiro atoms. The molecule has 9 atom stereocenters. The van der Waals surface area contributed by atoms with E-state index in [-0.39, 0.29) is 78.5 Å². The van der Waals surface area contributed by atoms with E-state index in [4.69, 9.17) is 46.0 Å². The summed E-state index contributed by atoms with van der Waals surface area (Å²) in [4.78, 5) is 194. The Balaban J connectivity index is 0.000000207. The van der Waals surface area contributed by atoms with Crippen LogP contribution in [0.3, 0.4) is 0 Å². The first-order valence-corrected chi connectivity index (χ1v) is 49.3. The van der Waals surface area contributed by atoms with Crippen molar-refractivity contribution in [1.29, 1.82) is 0 Å². The van der Waals surface area contributed by atoms with Crippen LogP contribution in [0.4, 0.5) is 80.8 Å². The number of carbonyl (C=O) groups is 14. The Morgan fingerprint density at radius 2 is 0.799 bits per heavy atom. The Morgan fingerprint density at radius 1 is 0.436 bits per heavy atom. The number of aliphatic imine (C=N–C) groups is 5. The predicted molar refractivity (Wildman–Crippen MR) is 575 cm³/mol. The van der Waals surface area contributed by atoms with Gasteiger partial charge in [-0.2, -0.15) is 0 Å². The molecule has 0 saturated carbocycles. The van der Waals surface area contributed by atoms with Gasteiger partial charge in [-0.15, -0.1) is 19.7 Å². The Kier molecular flexibility index (Phi) is 45.0. The lowest BCUT2D eigenvalue weighted by Gasteiger charge is -2.19. The third kappa shape index (κ3) is 32.9. The van der Waals surface area contributed by atoms with Crippen LogP contribution in [-0.4, -0.2) is 181 Å². The van der Waals surface area contributed by atoms with Gasteiger partial charge in [-0.25, -0.2) is 24.0 Å². The van der Waals surface area contributed by atoms with Crippen LogP contribution in [0.5, 0.6) is 0 Å². The number of amides is 9. The molecule has 5 unspecified atom stereocenters. The minimum absolute atomic E-state index is 0.123. The van der Waals surface area contributed by atoms with E-state index in [1.165, 1.54) is 41.6 Å². The van der Waals surface area contributed by atoms with Crippen LogP contribution < -0.4 is 53.6 Å². The van der Waals surface area contributed by atoms with Gasteiger partial charge in [0.05, 0.1) is 166 Å². The van der Waals surface area contributed by atoms with Gasteiger partial charge >= 0.3 is 60.3 Å². The zero-order chi connectivity index (χ0) is 109. The van der Waals surface area contributed by atoms with Crippen molar-refractivity contribution in [3.8, 4) is 0 Å². The molecule has 9 amide bonds. The number of benzene rings is 5. The minimum Gasteiger partial charge on any atom is -0.465 e. The average Bonchev–Trinajstić information content (AvgIpc) is 1.65. The molecular weight excluding hydrogens is 1940 g/mol. The molecule has 39 nitrogen and oxygen atoms in total. The van der Waals surface area contributed by atoms with Gasteiger partial charge < -0.3 is 74.4 Å². The molecule has 6 bridgehead atoms. The first kappa shape index (κ1) is 116. The van der Waals surface area contributed by atoms with Crippen molar-refractivity contribution in [1.82, 2.24) is 0 Å². The standard InChI is InChI=1S/C24H29N3O5.C22H26ClN3O5.C22H27N3O5.C22H25N3O5.C19H23N3O4/c1-6-9-18(23(29)32-8-3)20-13-12-19(26-20)17-11-10-16(25-24(30)31-5)14-21(17)27-22(28)15(4)7-2;1-4-31-21(28)15-7-5-6-12(2)20(27)26-17-10-13(24-22(29)30-3)8-9-14(17)19-16(23)11-18(15)25-19;2*1-4-30-21(27)16-7-5-6-13(2)20(26)25-19-12-14(23-22(28)29-3)8-9-15(19)17-10-11-18(16)24-17;1-4-6-14(18(23)26-5-2)17-10-9-16(22-17)13-8-7-12(11-15(13)20)21-19(24)25-3/h6-7,10-12,14-15,18H,1-2,8-9,13H2,3-5H3,(H,25,30)(H,27,28);8-10,12,15H,4-7,11H2,1-3H3,(H,24,29)(H,26,27);8-10,12-13,16H,4-7,11H2,1-3H3,(H,23,28)(H,25,26);5-6,8-10,12-13,16H,4,7,11H2,1-3H3,(H,23,28)(H,25,26);4,7-9,11,14H,1,5-6,10,20H2,2-3H3,(H,21,24)/b;;;6-5+;/t15-,18?;12-,15?;2*13-,16?;/m1111./s1. The number of hydrogen-bond acceptors (Lipinski definition) is 30. The molecule has 792 valence electrons. The van der Waals surface area contributed by atoms with Gasteiger partial charge in [-0.05, 0) is 171 Å². The Bertz CT molecular complexity index is 6260. The SMILES string of the molecule is C=CCC(C(=O)OCC)C1=NC(c2ccc(NC(=O)OC)cc2N)=CC1.C=CCC(C(=O)OCC)C1=NC(c2ccc(NC(=O)OC)cc2NC(=O)[C@H](C)C=C)=CC1.CCOC(=O)C1C/C=C/[C@@H](C)C(=O)Nc2cc(NC(=O)OC)ccc2C2=CCC1=N2.CCOC(=O)C1CCC[C@@H](C)C(=O)Nc2cc(NC(=O)OC)ccc2C2=C(Cl)CC1=N2.CCOC(=O)C1CCC[C@@H](C)C(=O)Nc2cc(NC(=O)OC)ccc2C2=CCC1=N2. The summed E-state index contributed by atoms with van der Waals surface area (Å²) in [5.41, 5.74) is 21.1. The lowest BCUT2D eigenvalue weighted by molar-refractivity contribution is -0.146. The molecule has 5 aromatic carbocycles. The van der Waals surface area contributed by atoms with Crippen LogP contribution in [0, 0.1) is 53.3 Å². The maximum absolute atomic E-state index is 12.8. The van der Waals surface area contributed by atoms with Crippen molar-refractivity contribution < 1.29 is 114 Å². The summed E-state index contributed by atoms with van der Waals surface area (Å²) in [6.45, 7) is 28.6. The van der Waals surface area contributed by atoms with Crippen molar-refractivity contribution in [3.05, 3.63) is 198 Å². The number of nitrogens with zero attached hydrogens (tertiary/aromatic N) is 5. The molecule has 8 aliphatic heterocycles. The van der Waals surface area contributed by atoms with E-state index >= 15 is 0 Å². The maximum atomic E-state index is 12.8. The molecule has 0 aromatic heterocycles. The lowest BCUT2D eigenvalue weighted by Crippen LogP contribution is -2.27. The molecule has 0 saturated heterocycles. The zero-order valence-electron chi connectivity index (χ0n) is 86.1. The van der Waals surface area contributed by atoms with E-state index in [2.05, 4.69) is 111 Å². The van der Waals surface area contributed by atoms with Gasteiger partial charge in [0, 0.05) is 134 Å². The first-order chi connectivity index (χ1) is 71.5. The number of nitrogens with one attached hydrogen (secondary N) is 9. The molecule has 40 heteroatoms. The van der Waals surface area contributed by atoms with Gasteiger partial charge in [0.2, 0.25) is 23.6 Å². The number of fused-ring (bicyclic) bond motifs is 9. The van der Waals surface area contributed by atoms with Crippen molar-refractivity contribution in [2.24, 2.45) is 78.2 Å². The summed E-state index contributed by atoms with van der Waals surface area (Å²) < 4.78 is 49.1. The van der Waals surface area contributed by atoms with Gasteiger partial charge in [-0.1, -0.05) is 107 Å². The number of nitrogen functional groups attached to an aromatic ring is 1. The smallest absolute Gasteiger partial charge is 0.411 e. The fraction of sp³-hybridized carbons (Fsp3) is 0.385. The molecular formula is C109H130ClN15O24. The normalized spacial score (nSPS) is 18.5. The average molecular weight is 2070 g/mol. The van der Waals surface area contributed by atoms with Crippen LogP contribution in [-0.2, 0) is 90.5 Å². The topological polar surface area (TPSA) is 527 Å². The fourth-order valence-corrected chi connectivity index (χ4v) is 16.7. The molecule has 0 radical (unpaired) electrons. The van der Waals surface area contributed by atoms with Crippen LogP contribution >= 0.6 is 11.6 Å². The second-order valence-electron chi connectivity index (χ2n) is 34.7. The highest BCUT2D eigenvalue weighted by molar-refractivity contribution is 6.36. The number of methoxy groups -OCH3 is 5. The van der Waals surface area contributed by atoms with Crippen molar-refractivity contribution in [2.75, 3.05) is 122 Å². The van der Waals surface area contributed by atoms with E-state index < -0.39 is 71.9 Å². The summed E-state index contributed by atoms with van der Waals surface area (Å²) in [6, 6.07) is 25.5. The number of allylic oxidation sites excluding steroid dienone is 8. The van der Waals surface area contributed by atoms with E-state index in [0.717, 1.165) is 28.3 Å². The zero-order valence-corrected chi connectivity index (χ0v) is 86.9. The molecule has 149 heavy (non-hydrogen) atoms. The molecule has 8 heterocycles. The van der Waals surface area contributed by atoms with E-state index in [1.54, 1.807) is 158 Å². The number of carbonyl (C=O) groups excluding carboxylic acids is 14. The summed E-state index contributed by atoms with van der Waals surface area (Å²) in [7, 11) is 6.38. The Hall–Kier alpha value is -16.2. The second kappa shape index (κ2) is 57.6. The Morgan fingerprint density at radius 3 is 1.21 bits per heavy atom. The lowest BCUT2D eigenvalue weighted by atomic mass is 9.92. The highest BCUT2D eigenvalue weighted by Gasteiger charge is 2.37. The number of esters is 5. The number of nitrogens with two attached hydrogens (primary N) is 1. The highest BCUT2D eigenvalue weighted by Crippen LogP contribution is 2.43. The molecule has 0 fully saturated rings. The summed E-state index contributed by atoms with van der Waals surface area (Å²) >= 11 is 6.54. The fourth-order valence-electron chi connectivity index (χ4n) is 16.4. The predicted octanol–water partition coefficient (Wildman–Crippen LogP) is 20.3. The third-order valence-electron chi connectivity index (χ3n) is 24.4. The van der Waals surface area contributed by atoms with E-state index in [9.17, 15) is 67.1 Å². The van der Waals surface area contributed by atoms with Gasteiger partial charge in [0.1, 0.15) is 0 Å². The van der Waals surface area contributed by atoms with Crippen molar-refractivity contribution in [3.63, 3.8) is 0 Å². The minimum atomic E-state index is -0.628. The molecule has 13 rings (SSSR count).